The average molecular weight is 235 g/mol. The van der Waals surface area contributed by atoms with Gasteiger partial charge in [0.2, 0.25) is 0 Å². The number of benzene rings is 1. The molecule has 1 rings (SSSR count). The molecule has 0 bridgehead atoms. The fourth-order valence-corrected chi connectivity index (χ4v) is 1.61. The van der Waals surface area contributed by atoms with E-state index in [4.69, 9.17) is 4.74 Å². The molecule has 1 aromatic carbocycles. The summed E-state index contributed by atoms with van der Waals surface area (Å²) >= 11 is 0. The van der Waals surface area contributed by atoms with Crippen molar-refractivity contribution in [3.8, 4) is 5.75 Å². The topological polar surface area (TPSA) is 41.8 Å². The molecule has 94 valence electrons. The molecular weight excluding hydrogens is 214 g/mol. The maximum atomic E-state index is 9.20. The molecule has 0 aliphatic rings. The Morgan fingerprint density at radius 1 is 1.29 bits per heavy atom. The average Bonchev–Trinajstić information content (AvgIpc) is 2.34. The molecule has 1 unspecified atom stereocenters. The minimum Gasteiger partial charge on any atom is -0.497 e. The van der Waals surface area contributed by atoms with Gasteiger partial charge in [-0.15, -0.1) is 0 Å². The zero-order chi connectivity index (χ0) is 12.7. The first-order valence-corrected chi connectivity index (χ1v) is 5.93. The monoisotopic (exact) mass is 235 g/mol. The Balaban J connectivity index is 2.61. The van der Waals surface area contributed by atoms with Crippen molar-refractivity contribution in [2.75, 3.05) is 13.7 Å². The number of nitrogens with zero attached hydrogens (tertiary/aromatic N) is 1. The molecule has 0 amide bonds. The minimum absolute atomic E-state index is 0.00268. The molecule has 0 aromatic heterocycles. The Kier molecular flexibility index (Phi) is 5.70. The van der Waals surface area contributed by atoms with Gasteiger partial charge in [0.15, 0.2) is 0 Å². The quantitative estimate of drug-likeness (QED) is 0.770. The van der Waals surface area contributed by atoms with E-state index in [2.05, 4.69) is 18.8 Å². The number of aliphatic imine (C=N–C) groups is 1. The van der Waals surface area contributed by atoms with Gasteiger partial charge in [0.25, 0.3) is 0 Å². The van der Waals surface area contributed by atoms with Crippen LogP contribution in [0, 0.1) is 5.92 Å². The third kappa shape index (κ3) is 5.00. The van der Waals surface area contributed by atoms with Crippen molar-refractivity contribution >= 4 is 6.21 Å². The summed E-state index contributed by atoms with van der Waals surface area (Å²) in [5.74, 6) is 1.38. The Labute approximate surface area is 103 Å². The van der Waals surface area contributed by atoms with Gasteiger partial charge in [-0.3, -0.25) is 4.99 Å². The zero-order valence-electron chi connectivity index (χ0n) is 10.8. The van der Waals surface area contributed by atoms with Crippen molar-refractivity contribution in [2.24, 2.45) is 10.9 Å². The smallest absolute Gasteiger partial charge is 0.118 e. The second-order valence-electron chi connectivity index (χ2n) is 4.52. The van der Waals surface area contributed by atoms with Gasteiger partial charge in [-0.1, -0.05) is 13.8 Å². The fourth-order valence-electron chi connectivity index (χ4n) is 1.61. The lowest BCUT2D eigenvalue weighted by Gasteiger charge is -2.11. The van der Waals surface area contributed by atoms with E-state index in [1.807, 2.05) is 30.5 Å². The first-order valence-electron chi connectivity index (χ1n) is 5.93. The van der Waals surface area contributed by atoms with Crippen LogP contribution in [0.25, 0.3) is 0 Å². The third-order valence-corrected chi connectivity index (χ3v) is 2.50. The van der Waals surface area contributed by atoms with Crippen molar-refractivity contribution in [3.05, 3.63) is 29.8 Å². The molecule has 1 N–H and O–H groups in total. The lowest BCUT2D eigenvalue weighted by Crippen LogP contribution is -2.13. The van der Waals surface area contributed by atoms with Crippen LogP contribution >= 0.6 is 0 Å². The molecule has 0 aliphatic heterocycles. The second-order valence-corrected chi connectivity index (χ2v) is 4.52. The number of aliphatic hydroxyl groups is 1. The second kappa shape index (κ2) is 7.07. The van der Waals surface area contributed by atoms with Crippen molar-refractivity contribution in [3.63, 3.8) is 0 Å². The Morgan fingerprint density at radius 3 is 2.41 bits per heavy atom. The van der Waals surface area contributed by atoms with Gasteiger partial charge in [-0.25, -0.2) is 0 Å². The summed E-state index contributed by atoms with van der Waals surface area (Å²) in [5, 5.41) is 9.20. The van der Waals surface area contributed by atoms with E-state index in [0.29, 0.717) is 5.92 Å². The summed E-state index contributed by atoms with van der Waals surface area (Å²) in [5.41, 5.74) is 1.02. The van der Waals surface area contributed by atoms with Crippen LogP contribution < -0.4 is 4.74 Å². The third-order valence-electron chi connectivity index (χ3n) is 2.50. The van der Waals surface area contributed by atoms with Gasteiger partial charge in [0, 0.05) is 6.21 Å². The highest BCUT2D eigenvalue weighted by atomic mass is 16.5. The number of ether oxygens (including phenoxy) is 1. The van der Waals surface area contributed by atoms with E-state index in [1.54, 1.807) is 7.11 Å². The Hall–Kier alpha value is -1.35. The van der Waals surface area contributed by atoms with Crippen molar-refractivity contribution < 1.29 is 9.84 Å². The van der Waals surface area contributed by atoms with Crippen LogP contribution in [0.4, 0.5) is 0 Å². The van der Waals surface area contributed by atoms with Crippen LogP contribution in [0.1, 0.15) is 25.8 Å². The Bertz CT molecular complexity index is 344. The predicted molar refractivity (Wildman–Crippen MR) is 70.9 cm³/mol. The van der Waals surface area contributed by atoms with Crippen LogP contribution in [0.5, 0.6) is 5.75 Å². The molecular formula is C14H21NO2. The van der Waals surface area contributed by atoms with Gasteiger partial charge >= 0.3 is 0 Å². The lowest BCUT2D eigenvalue weighted by molar-refractivity contribution is 0.251. The van der Waals surface area contributed by atoms with Gasteiger partial charge in [-0.05, 0) is 42.2 Å². The fraction of sp³-hybridized carbons (Fsp3) is 0.500. The summed E-state index contributed by atoms with van der Waals surface area (Å²) in [6.07, 6.45) is 2.71. The maximum Gasteiger partial charge on any atom is 0.118 e. The molecule has 0 saturated carbocycles. The molecule has 0 fully saturated rings. The van der Waals surface area contributed by atoms with E-state index in [1.165, 1.54) is 0 Å². The van der Waals surface area contributed by atoms with Crippen LogP contribution in [-0.4, -0.2) is 31.1 Å². The van der Waals surface area contributed by atoms with Crippen LogP contribution in [0.2, 0.25) is 0 Å². The van der Waals surface area contributed by atoms with Crippen LogP contribution in [-0.2, 0) is 0 Å². The van der Waals surface area contributed by atoms with E-state index < -0.39 is 0 Å². The molecule has 1 atom stereocenters. The molecule has 0 radical (unpaired) electrons. The molecule has 0 heterocycles. The van der Waals surface area contributed by atoms with E-state index >= 15 is 0 Å². The standard InChI is InChI=1S/C14H21NO2/c1-11(2)8-13(10-16)15-9-12-4-6-14(17-3)7-5-12/h4-7,9,11,13,16H,8,10H2,1-3H3. The van der Waals surface area contributed by atoms with Crippen LogP contribution in [0.3, 0.4) is 0 Å². The number of hydrogen-bond acceptors (Lipinski definition) is 3. The highest BCUT2D eigenvalue weighted by molar-refractivity contribution is 5.79. The van der Waals surface area contributed by atoms with Gasteiger partial charge in [0.1, 0.15) is 5.75 Å². The maximum absolute atomic E-state index is 9.20. The number of methoxy groups -OCH3 is 1. The summed E-state index contributed by atoms with van der Waals surface area (Å²) in [6, 6.07) is 7.70. The highest BCUT2D eigenvalue weighted by Crippen LogP contribution is 2.11. The van der Waals surface area contributed by atoms with Crippen molar-refractivity contribution in [1.29, 1.82) is 0 Å². The number of hydrogen-bond donors (Lipinski definition) is 1. The highest BCUT2D eigenvalue weighted by Gasteiger charge is 2.06. The first kappa shape index (κ1) is 13.7. The van der Waals surface area contributed by atoms with Crippen LogP contribution in [0.15, 0.2) is 29.3 Å². The van der Waals surface area contributed by atoms with E-state index in [9.17, 15) is 5.11 Å². The first-order chi connectivity index (χ1) is 8.15. The molecule has 0 saturated heterocycles. The normalized spacial score (nSPS) is 13.2. The zero-order valence-corrected chi connectivity index (χ0v) is 10.8. The van der Waals surface area contributed by atoms with E-state index in [0.717, 1.165) is 17.7 Å². The molecule has 0 spiro atoms. The summed E-state index contributed by atoms with van der Waals surface area (Å²) < 4.78 is 5.08. The van der Waals surface area contributed by atoms with Crippen molar-refractivity contribution in [2.45, 2.75) is 26.3 Å². The SMILES string of the molecule is COc1ccc(C=NC(CO)CC(C)C)cc1. The number of aliphatic hydroxyl groups excluding tert-OH is 1. The summed E-state index contributed by atoms with van der Waals surface area (Å²) in [4.78, 5) is 4.39. The molecule has 0 aliphatic carbocycles. The molecule has 3 nitrogen and oxygen atoms in total. The van der Waals surface area contributed by atoms with Gasteiger partial charge < -0.3 is 9.84 Å². The predicted octanol–water partition coefficient (Wildman–Crippen LogP) is 2.52. The van der Waals surface area contributed by atoms with E-state index in [-0.39, 0.29) is 12.6 Å². The van der Waals surface area contributed by atoms with Gasteiger partial charge in [0.05, 0.1) is 19.8 Å². The Morgan fingerprint density at radius 2 is 1.94 bits per heavy atom. The molecule has 3 heteroatoms. The summed E-state index contributed by atoms with van der Waals surface area (Å²) in [6.45, 7) is 4.36. The minimum atomic E-state index is -0.00268. The summed E-state index contributed by atoms with van der Waals surface area (Å²) in [7, 11) is 1.65. The number of rotatable bonds is 6. The molecule has 1 aromatic rings. The largest absolute Gasteiger partial charge is 0.497 e. The van der Waals surface area contributed by atoms with Gasteiger partial charge in [-0.2, -0.15) is 0 Å². The van der Waals surface area contributed by atoms with Crippen molar-refractivity contribution in [1.82, 2.24) is 0 Å². The molecule has 17 heavy (non-hydrogen) atoms. The lowest BCUT2D eigenvalue weighted by atomic mass is 10.1.